The summed E-state index contributed by atoms with van der Waals surface area (Å²) in [6.07, 6.45) is 0. The van der Waals surface area contributed by atoms with Gasteiger partial charge in [0.2, 0.25) is 5.91 Å². The summed E-state index contributed by atoms with van der Waals surface area (Å²) < 4.78 is 0.532. The zero-order valence-electron chi connectivity index (χ0n) is 9.73. The van der Waals surface area contributed by atoms with Crippen molar-refractivity contribution in [2.75, 3.05) is 5.32 Å². The molecule has 1 aromatic carbocycles. The van der Waals surface area contributed by atoms with Crippen molar-refractivity contribution in [1.29, 1.82) is 5.26 Å². The fourth-order valence-electron chi connectivity index (χ4n) is 1.25. The van der Waals surface area contributed by atoms with Gasteiger partial charge in [-0.15, -0.1) is 0 Å². The lowest BCUT2D eigenvalue weighted by Crippen LogP contribution is -2.19. The van der Waals surface area contributed by atoms with Gasteiger partial charge < -0.3 is 5.32 Å². The first-order valence-corrected chi connectivity index (χ1v) is 5.81. The molecule has 0 spiro atoms. The highest BCUT2D eigenvalue weighted by Gasteiger charge is 2.18. The number of rotatable bonds is 3. The van der Waals surface area contributed by atoms with Crippen LogP contribution in [0.3, 0.4) is 0 Å². The lowest BCUT2D eigenvalue weighted by molar-refractivity contribution is -0.385. The minimum Gasteiger partial charge on any atom is -0.324 e. The van der Waals surface area contributed by atoms with Crippen molar-refractivity contribution in [3.05, 3.63) is 32.3 Å². The molecular weight excluding hydrogens is 302 g/mol. The molecule has 1 unspecified atom stereocenters. The molecule has 94 valence electrons. The summed E-state index contributed by atoms with van der Waals surface area (Å²) in [5.41, 5.74) is 0.677. The SMILES string of the molecule is Cc1cc(Br)c(NC(=O)C(C)C#N)cc1[N+](=O)[O-]. The number of anilines is 1. The molecule has 0 radical (unpaired) electrons. The third-order valence-electron chi connectivity index (χ3n) is 2.33. The molecule has 0 saturated carbocycles. The van der Waals surface area contributed by atoms with E-state index in [9.17, 15) is 14.9 Å². The average Bonchev–Trinajstić information content (AvgIpc) is 2.30. The second kappa shape index (κ2) is 5.60. The van der Waals surface area contributed by atoms with E-state index < -0.39 is 16.7 Å². The number of hydrogen-bond acceptors (Lipinski definition) is 4. The quantitative estimate of drug-likeness (QED) is 0.685. The molecule has 0 fully saturated rings. The minimum absolute atomic E-state index is 0.0851. The molecule has 0 aliphatic rings. The number of hydrogen-bond donors (Lipinski definition) is 1. The number of nitro groups is 1. The minimum atomic E-state index is -0.822. The molecule has 0 aromatic heterocycles. The summed E-state index contributed by atoms with van der Waals surface area (Å²) in [5, 5.41) is 21.9. The largest absolute Gasteiger partial charge is 0.324 e. The van der Waals surface area contributed by atoms with Gasteiger partial charge in [0, 0.05) is 16.1 Å². The number of aryl methyl sites for hydroxylation is 1. The standard InChI is InChI=1S/C11H10BrN3O3/c1-6-3-8(12)9(4-10(6)15(17)18)14-11(16)7(2)5-13/h3-4,7H,1-2H3,(H,14,16). The highest BCUT2D eigenvalue weighted by Crippen LogP contribution is 2.30. The number of amides is 1. The number of nitriles is 1. The van der Waals surface area contributed by atoms with Crippen LogP contribution in [-0.4, -0.2) is 10.8 Å². The maximum atomic E-state index is 11.5. The van der Waals surface area contributed by atoms with Crippen LogP contribution in [0.4, 0.5) is 11.4 Å². The van der Waals surface area contributed by atoms with Crippen LogP contribution in [0, 0.1) is 34.3 Å². The second-order valence-corrected chi connectivity index (χ2v) is 4.57. The molecule has 1 N–H and O–H groups in total. The van der Waals surface area contributed by atoms with E-state index in [1.54, 1.807) is 19.1 Å². The fourth-order valence-corrected chi connectivity index (χ4v) is 1.81. The summed E-state index contributed by atoms with van der Waals surface area (Å²) >= 11 is 3.21. The van der Waals surface area contributed by atoms with Crippen LogP contribution in [0.15, 0.2) is 16.6 Å². The van der Waals surface area contributed by atoms with Crippen molar-refractivity contribution in [3.8, 4) is 6.07 Å². The van der Waals surface area contributed by atoms with Crippen LogP contribution in [0.1, 0.15) is 12.5 Å². The number of nitrogens with zero attached hydrogens (tertiary/aromatic N) is 2. The monoisotopic (exact) mass is 311 g/mol. The lowest BCUT2D eigenvalue weighted by atomic mass is 10.1. The Balaban J connectivity index is 3.11. The smallest absolute Gasteiger partial charge is 0.274 e. The first-order valence-electron chi connectivity index (χ1n) is 5.01. The van der Waals surface area contributed by atoms with E-state index in [0.717, 1.165) is 0 Å². The molecule has 7 heteroatoms. The molecule has 0 aliphatic carbocycles. The molecule has 1 atom stereocenters. The van der Waals surface area contributed by atoms with Gasteiger partial charge in [-0.25, -0.2) is 0 Å². The van der Waals surface area contributed by atoms with Crippen LogP contribution in [0.25, 0.3) is 0 Å². The molecule has 0 saturated heterocycles. The van der Waals surface area contributed by atoms with E-state index in [1.165, 1.54) is 13.0 Å². The summed E-state index contributed by atoms with van der Waals surface area (Å²) in [4.78, 5) is 21.8. The van der Waals surface area contributed by atoms with E-state index >= 15 is 0 Å². The molecule has 18 heavy (non-hydrogen) atoms. The van der Waals surface area contributed by atoms with Gasteiger partial charge in [0.15, 0.2) is 0 Å². The highest BCUT2D eigenvalue weighted by molar-refractivity contribution is 9.10. The van der Waals surface area contributed by atoms with E-state index in [2.05, 4.69) is 21.2 Å². The van der Waals surface area contributed by atoms with Gasteiger partial charge in [0.1, 0.15) is 5.92 Å². The Kier molecular flexibility index (Phi) is 4.39. The van der Waals surface area contributed by atoms with Gasteiger partial charge in [-0.2, -0.15) is 5.26 Å². The Morgan fingerprint density at radius 1 is 1.61 bits per heavy atom. The van der Waals surface area contributed by atoms with Gasteiger partial charge in [-0.1, -0.05) is 0 Å². The number of carbonyl (C=O) groups is 1. The van der Waals surface area contributed by atoms with E-state index in [0.29, 0.717) is 10.0 Å². The van der Waals surface area contributed by atoms with Gasteiger partial charge in [0.05, 0.1) is 16.7 Å². The number of nitro benzene ring substituents is 1. The number of nitrogens with one attached hydrogen (secondary N) is 1. The van der Waals surface area contributed by atoms with Gasteiger partial charge in [-0.05, 0) is 35.8 Å². The second-order valence-electron chi connectivity index (χ2n) is 3.72. The van der Waals surface area contributed by atoms with Crippen LogP contribution in [0.5, 0.6) is 0 Å². The summed E-state index contributed by atoms with van der Waals surface area (Å²) in [5.74, 6) is -1.33. The highest BCUT2D eigenvalue weighted by atomic mass is 79.9. The summed E-state index contributed by atoms with van der Waals surface area (Å²) in [7, 11) is 0. The molecule has 0 heterocycles. The zero-order chi connectivity index (χ0) is 13.9. The fraction of sp³-hybridized carbons (Fsp3) is 0.273. The molecular formula is C11H10BrN3O3. The van der Waals surface area contributed by atoms with Crippen LogP contribution in [0.2, 0.25) is 0 Å². The van der Waals surface area contributed by atoms with Crippen LogP contribution in [-0.2, 0) is 4.79 Å². The van der Waals surface area contributed by atoms with E-state index in [1.807, 2.05) is 0 Å². The topological polar surface area (TPSA) is 96.0 Å². The maximum Gasteiger partial charge on any atom is 0.274 e. The lowest BCUT2D eigenvalue weighted by Gasteiger charge is -2.09. The van der Waals surface area contributed by atoms with Crippen molar-refractivity contribution < 1.29 is 9.72 Å². The first-order chi connectivity index (χ1) is 8.36. The third-order valence-corrected chi connectivity index (χ3v) is 2.98. The van der Waals surface area contributed by atoms with Crippen molar-refractivity contribution in [1.82, 2.24) is 0 Å². The number of halogens is 1. The molecule has 0 bridgehead atoms. The van der Waals surface area contributed by atoms with Crippen LogP contribution >= 0.6 is 15.9 Å². The van der Waals surface area contributed by atoms with Crippen molar-refractivity contribution in [2.24, 2.45) is 5.92 Å². The van der Waals surface area contributed by atoms with E-state index in [4.69, 9.17) is 5.26 Å². The average molecular weight is 312 g/mol. The molecule has 1 rings (SSSR count). The van der Waals surface area contributed by atoms with Crippen molar-refractivity contribution in [3.63, 3.8) is 0 Å². The van der Waals surface area contributed by atoms with Gasteiger partial charge in [0.25, 0.3) is 5.69 Å². The predicted molar refractivity (Wildman–Crippen MR) is 68.9 cm³/mol. The molecule has 0 aliphatic heterocycles. The Labute approximate surface area is 112 Å². The zero-order valence-corrected chi connectivity index (χ0v) is 11.3. The normalized spacial score (nSPS) is 11.4. The Hall–Kier alpha value is -1.94. The van der Waals surface area contributed by atoms with E-state index in [-0.39, 0.29) is 11.4 Å². The summed E-state index contributed by atoms with van der Waals surface area (Å²) in [6, 6.07) is 4.60. The van der Waals surface area contributed by atoms with Gasteiger partial charge in [-0.3, -0.25) is 14.9 Å². The molecule has 1 amide bonds. The van der Waals surface area contributed by atoms with Crippen molar-refractivity contribution in [2.45, 2.75) is 13.8 Å². The van der Waals surface area contributed by atoms with Gasteiger partial charge >= 0.3 is 0 Å². The first kappa shape index (κ1) is 14.1. The maximum absolute atomic E-state index is 11.5. The summed E-state index contributed by atoms with van der Waals surface area (Å²) in [6.45, 7) is 3.05. The van der Waals surface area contributed by atoms with Crippen LogP contribution < -0.4 is 5.32 Å². The van der Waals surface area contributed by atoms with Crippen molar-refractivity contribution >= 4 is 33.2 Å². The number of benzene rings is 1. The third kappa shape index (κ3) is 3.05. The number of carbonyl (C=O) groups excluding carboxylic acids is 1. The predicted octanol–water partition coefficient (Wildman–Crippen LogP) is 2.76. The molecule has 1 aromatic rings. The Morgan fingerprint density at radius 2 is 2.22 bits per heavy atom. The molecule has 6 nitrogen and oxygen atoms in total. The Morgan fingerprint density at radius 3 is 2.72 bits per heavy atom. The Bertz CT molecular complexity index is 551.